The third kappa shape index (κ3) is 0.578. The molecule has 2 nitrogen and oxygen atoms in total. The van der Waals surface area contributed by atoms with Crippen molar-refractivity contribution in [3.8, 4) is 0 Å². The highest BCUT2D eigenvalue weighted by Gasteiger charge is 1.73. The summed E-state index contributed by atoms with van der Waals surface area (Å²) in [6.07, 6.45) is 4.63. The Kier molecular flexibility index (Phi) is 0.473. The van der Waals surface area contributed by atoms with Gasteiger partial charge >= 0.3 is 0 Å². The van der Waals surface area contributed by atoms with Crippen molar-refractivity contribution in [2.24, 2.45) is 4.99 Å². The average Bonchev–Trinajstić information content (AvgIpc) is 1.77. The molecule has 1 rings (SSSR count). The third-order valence-corrected chi connectivity index (χ3v) is 0.478. The Morgan fingerprint density at radius 3 is 3.67 bits per heavy atom. The highest BCUT2D eigenvalue weighted by atomic mass is 15.0. The summed E-state index contributed by atoms with van der Waals surface area (Å²) < 4.78 is 13.9. The van der Waals surface area contributed by atoms with Crippen molar-refractivity contribution < 1.29 is 2.78 Å². The van der Waals surface area contributed by atoms with Gasteiger partial charge in [0.1, 0.15) is 6.64 Å². The highest BCUT2D eigenvalue weighted by Crippen LogP contribution is 1.71. The van der Waals surface area contributed by atoms with E-state index in [0.717, 1.165) is 5.31 Å². The maximum atomic E-state index is 6.97. The summed E-state index contributed by atoms with van der Waals surface area (Å²) >= 11 is 0. The van der Waals surface area contributed by atoms with Gasteiger partial charge in [0.2, 0.25) is 0 Å². The number of rotatable bonds is 0. The van der Waals surface area contributed by atoms with Crippen molar-refractivity contribution in [3.63, 3.8) is 0 Å². The predicted molar refractivity (Wildman–Crippen MR) is 25.6 cm³/mol. The van der Waals surface area contributed by atoms with Crippen LogP contribution in [0.1, 0.15) is 1.37 Å². The zero-order valence-electron chi connectivity index (χ0n) is 5.20. The van der Waals surface area contributed by atoms with Crippen LogP contribution in [0.5, 0.6) is 0 Å². The molecule has 1 unspecified atom stereocenters. The van der Waals surface area contributed by atoms with E-state index in [1.807, 2.05) is 0 Å². The van der Waals surface area contributed by atoms with E-state index >= 15 is 0 Å². The molecule has 1 aliphatic rings. The summed E-state index contributed by atoms with van der Waals surface area (Å²) in [7, 11) is 0. The van der Waals surface area contributed by atoms with Crippen LogP contribution in [0.2, 0.25) is 1.41 Å². The molecule has 0 saturated heterocycles. The van der Waals surface area contributed by atoms with Crippen molar-refractivity contribution in [2.45, 2.75) is 0 Å². The van der Waals surface area contributed by atoms with E-state index in [0.29, 0.717) is 0 Å². The van der Waals surface area contributed by atoms with Gasteiger partial charge in [0.05, 0.1) is 1.37 Å². The summed E-state index contributed by atoms with van der Waals surface area (Å²) in [6.45, 7) is -0.764. The van der Waals surface area contributed by atoms with Crippen LogP contribution in [0.25, 0.3) is 0 Å². The number of allylic oxidation sites excluding steroid dienone is 1. The molecule has 1 heterocycles. The molecule has 0 radical (unpaired) electrons. The van der Waals surface area contributed by atoms with Gasteiger partial charge in [-0.15, -0.1) is 0 Å². The summed E-state index contributed by atoms with van der Waals surface area (Å²) in [5.41, 5.74) is 0. The average molecular weight is 84.1 g/mol. The summed E-state index contributed by atoms with van der Waals surface area (Å²) in [5, 5.41) is 0.972. The zero-order valence-corrected chi connectivity index (χ0v) is 3.20. The summed E-state index contributed by atoms with van der Waals surface area (Å²) in [5.74, 6) is 0. The van der Waals surface area contributed by atoms with Gasteiger partial charge in [-0.3, -0.25) is 4.99 Å². The molecule has 1 aliphatic heterocycles. The Morgan fingerprint density at radius 2 is 3.17 bits per heavy atom. The lowest BCUT2D eigenvalue weighted by atomic mass is 10.6. The molecule has 0 aromatic rings. The number of hydrogen-bond acceptors (Lipinski definition) is 2. The first-order valence-corrected chi connectivity index (χ1v) is 1.70. The van der Waals surface area contributed by atoms with Crippen molar-refractivity contribution in [2.75, 3.05) is 6.64 Å². The predicted octanol–water partition coefficient (Wildman–Crippen LogP) is 0.132. The van der Waals surface area contributed by atoms with Gasteiger partial charge in [-0.25, -0.2) is 0 Å². The van der Waals surface area contributed by atoms with Gasteiger partial charge < -0.3 is 5.31 Å². The zero-order chi connectivity index (χ0) is 5.98. The van der Waals surface area contributed by atoms with Crippen LogP contribution in [0, 0.1) is 0 Å². The monoisotopic (exact) mass is 84.1 g/mol. The Morgan fingerprint density at radius 1 is 2.17 bits per heavy atom. The minimum atomic E-state index is -0.764. The van der Waals surface area contributed by atoms with Crippen LogP contribution in [-0.2, 0) is 0 Å². The Bertz CT molecular complexity index is 116. The second kappa shape index (κ2) is 1.60. The molecule has 0 spiro atoms. The second-order valence-electron chi connectivity index (χ2n) is 0.904. The topological polar surface area (TPSA) is 24.4 Å². The summed E-state index contributed by atoms with van der Waals surface area (Å²) in [6, 6.07) is 0. The van der Waals surface area contributed by atoms with Gasteiger partial charge in [-0.1, -0.05) is 0 Å². The van der Waals surface area contributed by atoms with Crippen molar-refractivity contribution >= 4 is 6.21 Å². The largest absolute Gasteiger partial charge is 0.372 e. The minimum Gasteiger partial charge on any atom is -0.372 e. The van der Waals surface area contributed by atoms with Crippen molar-refractivity contribution in [3.05, 3.63) is 12.3 Å². The molecule has 0 saturated carbocycles. The van der Waals surface area contributed by atoms with Crippen LogP contribution in [0.3, 0.4) is 0 Å². The molecule has 2 heteroatoms. The van der Waals surface area contributed by atoms with E-state index in [1.165, 1.54) is 12.4 Å². The van der Waals surface area contributed by atoms with Gasteiger partial charge in [0.25, 0.3) is 0 Å². The van der Waals surface area contributed by atoms with E-state index in [1.54, 1.807) is 6.08 Å². The Labute approximate surface area is 39.5 Å². The second-order valence-corrected chi connectivity index (χ2v) is 0.904. The molecule has 0 bridgehead atoms. The molecule has 6 heavy (non-hydrogen) atoms. The third-order valence-electron chi connectivity index (χ3n) is 0.478. The lowest BCUT2D eigenvalue weighted by Gasteiger charge is -1.94. The first-order valence-electron chi connectivity index (χ1n) is 2.72. The molecule has 32 valence electrons. The lowest BCUT2D eigenvalue weighted by molar-refractivity contribution is 0.879. The fourth-order valence-corrected chi connectivity index (χ4v) is 0.253. The maximum Gasteiger partial charge on any atom is 0.161 e. The molecular weight excluding hydrogens is 76.1 g/mol. The minimum absolute atomic E-state index is 0.764. The molecule has 0 aliphatic carbocycles. The molecular formula is C4H6N2. The molecule has 0 fully saturated rings. The van der Waals surface area contributed by atoms with E-state index in [4.69, 9.17) is 2.78 Å². The van der Waals surface area contributed by atoms with E-state index in [2.05, 4.69) is 4.99 Å². The van der Waals surface area contributed by atoms with Crippen molar-refractivity contribution in [1.29, 1.82) is 0 Å². The Hall–Kier alpha value is -0.790. The lowest BCUT2D eigenvalue weighted by Crippen LogP contribution is -2.06. The fourth-order valence-electron chi connectivity index (χ4n) is 0.253. The van der Waals surface area contributed by atoms with Crippen LogP contribution < -0.4 is 5.31 Å². The van der Waals surface area contributed by atoms with E-state index < -0.39 is 6.64 Å². The molecule has 0 aromatic carbocycles. The van der Waals surface area contributed by atoms with Gasteiger partial charge in [0.15, 0.2) is 1.41 Å². The van der Waals surface area contributed by atoms with E-state index in [-0.39, 0.29) is 0 Å². The van der Waals surface area contributed by atoms with Gasteiger partial charge in [0, 0.05) is 6.21 Å². The quantitative estimate of drug-likeness (QED) is 0.443. The van der Waals surface area contributed by atoms with E-state index in [9.17, 15) is 0 Å². The molecule has 0 aromatic heterocycles. The van der Waals surface area contributed by atoms with Gasteiger partial charge in [-0.2, -0.15) is 0 Å². The number of hydrogen-bond donors (Lipinski definition) is 1. The summed E-state index contributed by atoms with van der Waals surface area (Å²) in [4.78, 5) is 3.60. The molecule has 1 atom stereocenters. The number of nitrogens with one attached hydrogen (secondary N) is 1. The molecule has 1 N–H and O–H groups in total. The van der Waals surface area contributed by atoms with Crippen molar-refractivity contribution in [1.82, 2.24) is 5.31 Å². The number of aliphatic imine (C=N–C) groups is 1. The Balaban J connectivity index is 2.59. The maximum absolute atomic E-state index is 6.97. The fraction of sp³-hybridized carbons (Fsp3) is 0.250. The first-order chi connectivity index (χ1) is 3.80. The standard InChI is InChI=1S/C4H6N2/c1-2-5-4-6-3-1/h1-3,5H,4H2/i4D/hD. The van der Waals surface area contributed by atoms with Crippen LogP contribution in [-0.4, -0.2) is 12.9 Å². The first kappa shape index (κ1) is 1.78. The normalized spacial score (nSPS) is 36.0. The molecule has 0 amide bonds. The SMILES string of the molecule is [2H]C1N=CC=CN1[2H]. The van der Waals surface area contributed by atoms with Gasteiger partial charge in [-0.05, 0) is 12.3 Å². The number of nitrogens with zero attached hydrogens (tertiary/aromatic N) is 1. The van der Waals surface area contributed by atoms with Crippen LogP contribution >= 0.6 is 0 Å². The van der Waals surface area contributed by atoms with Crippen LogP contribution in [0.15, 0.2) is 17.3 Å². The van der Waals surface area contributed by atoms with Crippen LogP contribution in [0.4, 0.5) is 0 Å². The highest BCUT2D eigenvalue weighted by molar-refractivity contribution is 5.71. The smallest absolute Gasteiger partial charge is 0.161 e.